The molecule has 22 heavy (non-hydrogen) atoms. The number of ether oxygens (including phenoxy) is 1. The van der Waals surface area contributed by atoms with Gasteiger partial charge in [-0.25, -0.2) is 4.79 Å². The average Bonchev–Trinajstić information content (AvgIpc) is 2.96. The molecule has 0 aliphatic carbocycles. The summed E-state index contributed by atoms with van der Waals surface area (Å²) in [5.41, 5.74) is -0.438. The Morgan fingerprint density at radius 1 is 1.36 bits per heavy atom. The highest BCUT2D eigenvalue weighted by Gasteiger charge is 2.40. The van der Waals surface area contributed by atoms with E-state index >= 15 is 0 Å². The molecule has 0 radical (unpaired) electrons. The topological polar surface area (TPSA) is 98.5 Å². The van der Waals surface area contributed by atoms with Gasteiger partial charge in [-0.15, -0.1) is 11.3 Å². The van der Waals surface area contributed by atoms with Gasteiger partial charge in [0.05, 0.1) is 27.1 Å². The number of anilines is 1. The molecule has 0 spiro atoms. The number of methoxy groups -OCH3 is 1. The first kappa shape index (κ1) is 16.2. The maximum absolute atomic E-state index is 12.4. The molecule has 118 valence electrons. The Bertz CT molecular complexity index is 779. The third-order valence-corrected chi connectivity index (χ3v) is 4.75. The van der Waals surface area contributed by atoms with Crippen LogP contribution in [-0.2, 0) is 9.53 Å². The SMILES string of the molecule is COC(=O)c1sc2cc([N+](=O)[O-])sc2c1NC(=O)C(F)(F)F. The number of nitro groups is 1. The number of alkyl halides is 3. The van der Waals surface area contributed by atoms with Crippen molar-refractivity contribution in [1.82, 2.24) is 0 Å². The maximum Gasteiger partial charge on any atom is 0.471 e. The Labute approximate surface area is 127 Å². The Hall–Kier alpha value is -2.21. The molecule has 0 aliphatic heterocycles. The van der Waals surface area contributed by atoms with Gasteiger partial charge >= 0.3 is 23.1 Å². The summed E-state index contributed by atoms with van der Waals surface area (Å²) in [7, 11) is 1.02. The Kier molecular flexibility index (Phi) is 4.06. The predicted octanol–water partition coefficient (Wildman–Crippen LogP) is 3.16. The number of thiophene rings is 2. The van der Waals surface area contributed by atoms with Crippen LogP contribution in [0.25, 0.3) is 9.40 Å². The van der Waals surface area contributed by atoms with Crippen molar-refractivity contribution in [1.29, 1.82) is 0 Å². The van der Waals surface area contributed by atoms with Crippen LogP contribution in [0, 0.1) is 10.1 Å². The minimum absolute atomic E-state index is 0.00898. The van der Waals surface area contributed by atoms with Gasteiger partial charge in [-0.2, -0.15) is 13.2 Å². The monoisotopic (exact) mass is 354 g/mol. The summed E-state index contributed by atoms with van der Waals surface area (Å²) in [6, 6.07) is 1.11. The zero-order valence-electron chi connectivity index (χ0n) is 10.5. The van der Waals surface area contributed by atoms with E-state index in [-0.39, 0.29) is 19.3 Å². The van der Waals surface area contributed by atoms with Gasteiger partial charge < -0.3 is 10.1 Å². The number of hydrogen-bond acceptors (Lipinski definition) is 7. The molecule has 1 N–H and O–H groups in total. The van der Waals surface area contributed by atoms with Crippen molar-refractivity contribution in [2.24, 2.45) is 0 Å². The van der Waals surface area contributed by atoms with Gasteiger partial charge in [-0.1, -0.05) is 11.3 Å². The summed E-state index contributed by atoms with van der Waals surface area (Å²) in [6.07, 6.45) is -5.16. The molecule has 2 aromatic heterocycles. The van der Waals surface area contributed by atoms with Gasteiger partial charge in [0.25, 0.3) is 0 Å². The van der Waals surface area contributed by atoms with Crippen molar-refractivity contribution in [2.75, 3.05) is 12.4 Å². The Balaban J connectivity index is 2.57. The van der Waals surface area contributed by atoms with Crippen LogP contribution in [0.3, 0.4) is 0 Å². The third-order valence-electron chi connectivity index (χ3n) is 2.40. The van der Waals surface area contributed by atoms with E-state index in [0.29, 0.717) is 22.7 Å². The number of nitrogens with zero attached hydrogens (tertiary/aromatic N) is 1. The second-order valence-corrected chi connectivity index (χ2v) is 5.87. The fourth-order valence-electron chi connectivity index (χ4n) is 1.50. The molecule has 0 saturated heterocycles. The largest absolute Gasteiger partial charge is 0.471 e. The molecule has 0 saturated carbocycles. The predicted molar refractivity (Wildman–Crippen MR) is 72.4 cm³/mol. The van der Waals surface area contributed by atoms with E-state index in [0.717, 1.165) is 13.2 Å². The van der Waals surface area contributed by atoms with Crippen LogP contribution in [0.5, 0.6) is 0 Å². The van der Waals surface area contributed by atoms with Gasteiger partial charge in [-0.3, -0.25) is 14.9 Å². The van der Waals surface area contributed by atoms with Crippen LogP contribution >= 0.6 is 22.7 Å². The molecule has 2 heterocycles. The fraction of sp³-hybridized carbons (Fsp3) is 0.200. The highest BCUT2D eigenvalue weighted by molar-refractivity contribution is 7.31. The molecule has 2 aromatic rings. The maximum atomic E-state index is 12.4. The summed E-state index contributed by atoms with van der Waals surface area (Å²) < 4.78 is 41.7. The summed E-state index contributed by atoms with van der Waals surface area (Å²) in [6.45, 7) is 0. The number of carbonyl (C=O) groups excluding carboxylic acids is 2. The average molecular weight is 354 g/mol. The van der Waals surface area contributed by atoms with E-state index in [1.165, 1.54) is 0 Å². The zero-order valence-corrected chi connectivity index (χ0v) is 12.1. The number of hydrogen-bond donors (Lipinski definition) is 1. The fourth-order valence-corrected chi connectivity index (χ4v) is 3.77. The molecule has 7 nitrogen and oxygen atoms in total. The standard InChI is InChI=1S/C10H5F3N2O5S2/c1-20-8(16)7-5(14-9(17)10(11,12)13)6-3(21-7)2-4(22-6)15(18)19/h2H,1H3,(H,14,17). The minimum Gasteiger partial charge on any atom is -0.465 e. The second kappa shape index (κ2) is 5.53. The summed E-state index contributed by atoms with van der Waals surface area (Å²) in [5.74, 6) is -3.23. The summed E-state index contributed by atoms with van der Waals surface area (Å²) >= 11 is 1.25. The quantitative estimate of drug-likeness (QED) is 0.519. The number of fused-ring (bicyclic) bond motifs is 1. The van der Waals surface area contributed by atoms with Crippen LogP contribution < -0.4 is 5.32 Å². The molecule has 0 aromatic carbocycles. The lowest BCUT2D eigenvalue weighted by Gasteiger charge is -2.08. The first-order chi connectivity index (χ1) is 10.1. The smallest absolute Gasteiger partial charge is 0.465 e. The van der Waals surface area contributed by atoms with Crippen LogP contribution in [-0.4, -0.2) is 30.1 Å². The zero-order chi connectivity index (χ0) is 16.7. The van der Waals surface area contributed by atoms with E-state index < -0.39 is 28.7 Å². The van der Waals surface area contributed by atoms with Crippen molar-refractivity contribution in [2.45, 2.75) is 6.18 Å². The van der Waals surface area contributed by atoms with E-state index in [2.05, 4.69) is 4.74 Å². The van der Waals surface area contributed by atoms with Gasteiger partial charge in [0.2, 0.25) is 0 Å². The first-order valence-corrected chi connectivity index (χ1v) is 6.95. The molecule has 0 aliphatic rings. The molecule has 0 bridgehead atoms. The van der Waals surface area contributed by atoms with Gasteiger partial charge in [0.1, 0.15) is 4.88 Å². The van der Waals surface area contributed by atoms with Crippen LogP contribution in [0.2, 0.25) is 0 Å². The van der Waals surface area contributed by atoms with E-state index in [4.69, 9.17) is 0 Å². The number of nitrogens with one attached hydrogen (secondary N) is 1. The van der Waals surface area contributed by atoms with Gasteiger partial charge in [0, 0.05) is 6.07 Å². The Morgan fingerprint density at radius 2 is 2.00 bits per heavy atom. The second-order valence-electron chi connectivity index (χ2n) is 3.78. The number of carbonyl (C=O) groups is 2. The summed E-state index contributed by atoms with van der Waals surface area (Å²) in [5, 5.41) is 12.0. The Morgan fingerprint density at radius 3 is 2.50 bits per heavy atom. The van der Waals surface area contributed by atoms with Crippen molar-refractivity contribution < 1.29 is 32.4 Å². The summed E-state index contributed by atoms with van der Waals surface area (Å²) in [4.78, 5) is 32.4. The van der Waals surface area contributed by atoms with E-state index in [9.17, 15) is 32.9 Å². The van der Waals surface area contributed by atoms with Crippen molar-refractivity contribution in [3.05, 3.63) is 21.1 Å². The normalized spacial score (nSPS) is 11.5. The number of halogens is 3. The highest BCUT2D eigenvalue weighted by atomic mass is 32.1. The lowest BCUT2D eigenvalue weighted by atomic mass is 10.3. The third kappa shape index (κ3) is 2.87. The van der Waals surface area contributed by atoms with Gasteiger partial charge in [-0.05, 0) is 0 Å². The molecular weight excluding hydrogens is 349 g/mol. The van der Waals surface area contributed by atoms with Gasteiger partial charge in [0.15, 0.2) is 0 Å². The highest BCUT2D eigenvalue weighted by Crippen LogP contribution is 2.44. The molecule has 0 fully saturated rings. The lowest BCUT2D eigenvalue weighted by Crippen LogP contribution is -2.30. The van der Waals surface area contributed by atoms with Crippen molar-refractivity contribution in [3.63, 3.8) is 0 Å². The van der Waals surface area contributed by atoms with E-state index in [1.54, 1.807) is 5.32 Å². The van der Waals surface area contributed by atoms with Crippen molar-refractivity contribution in [3.8, 4) is 0 Å². The molecule has 2 rings (SSSR count). The lowest BCUT2D eigenvalue weighted by molar-refractivity contribution is -0.380. The van der Waals surface area contributed by atoms with Crippen LogP contribution in [0.4, 0.5) is 23.9 Å². The molecule has 0 unspecified atom stereocenters. The molecule has 12 heteroatoms. The van der Waals surface area contributed by atoms with E-state index in [1.807, 2.05) is 0 Å². The number of amides is 1. The molecule has 0 atom stereocenters. The van der Waals surface area contributed by atoms with Crippen LogP contribution in [0.1, 0.15) is 9.67 Å². The first-order valence-electron chi connectivity index (χ1n) is 5.32. The molecular formula is C10H5F3N2O5S2. The number of esters is 1. The number of rotatable bonds is 3. The van der Waals surface area contributed by atoms with Crippen LogP contribution in [0.15, 0.2) is 6.07 Å². The molecule has 1 amide bonds. The van der Waals surface area contributed by atoms with Crippen molar-refractivity contribution >= 4 is 54.6 Å². The minimum atomic E-state index is -5.16.